The molecule has 0 atom stereocenters. The van der Waals surface area contributed by atoms with E-state index in [4.69, 9.17) is 14.8 Å². The molecule has 0 amide bonds. The maximum atomic E-state index is 6.66. The molecule has 236 valence electrons. The van der Waals surface area contributed by atoms with Crippen LogP contribution in [0.5, 0.6) is 11.5 Å². The molecule has 7 aromatic rings. The largest absolute Gasteiger partial charge is 0.457 e. The third-order valence-electron chi connectivity index (χ3n) is 9.26. The number of para-hydroxylation sites is 1. The van der Waals surface area contributed by atoms with Crippen molar-refractivity contribution in [2.45, 2.75) is 67.2 Å². The summed E-state index contributed by atoms with van der Waals surface area (Å²) in [6.45, 7) is 13.2. The fourth-order valence-electron chi connectivity index (χ4n) is 7.09. The molecule has 7 rings (SSSR count). The predicted molar refractivity (Wildman–Crippen MR) is 195 cm³/mol. The summed E-state index contributed by atoms with van der Waals surface area (Å²) in [5, 5.41) is 7.62. The third kappa shape index (κ3) is 5.40. The van der Waals surface area contributed by atoms with Crippen molar-refractivity contribution < 1.29 is 4.74 Å². The minimum Gasteiger partial charge on any atom is -0.457 e. The normalized spacial score (nSPS) is 11.5. The van der Waals surface area contributed by atoms with Crippen LogP contribution in [-0.2, 0) is 25.7 Å². The molecule has 4 aromatic carbocycles. The third-order valence-corrected chi connectivity index (χ3v) is 9.26. The van der Waals surface area contributed by atoms with Gasteiger partial charge in [0, 0.05) is 34.7 Å². The van der Waals surface area contributed by atoms with E-state index in [0.29, 0.717) is 0 Å². The van der Waals surface area contributed by atoms with Crippen LogP contribution in [0, 0.1) is 13.8 Å². The number of nitrogens with zero attached hydrogens (tertiary/aromatic N) is 4. The molecule has 0 saturated heterocycles. The summed E-state index contributed by atoms with van der Waals surface area (Å²) < 4.78 is 11.0. The number of ether oxygens (including phenoxy) is 1. The van der Waals surface area contributed by atoms with Crippen molar-refractivity contribution in [1.29, 1.82) is 0 Å². The Morgan fingerprint density at radius 2 is 1.38 bits per heavy atom. The van der Waals surface area contributed by atoms with E-state index in [0.717, 1.165) is 71.0 Å². The van der Waals surface area contributed by atoms with E-state index < -0.39 is 0 Å². The Balaban J connectivity index is 1.34. The van der Waals surface area contributed by atoms with Gasteiger partial charge in [-0.15, -0.1) is 0 Å². The van der Waals surface area contributed by atoms with E-state index >= 15 is 0 Å². The second kappa shape index (κ2) is 12.6. The number of aryl methyl sites for hydroxylation is 5. The van der Waals surface area contributed by atoms with E-state index in [9.17, 15) is 0 Å². The van der Waals surface area contributed by atoms with Crippen LogP contribution in [-0.4, -0.2) is 19.3 Å². The number of hydrogen-bond donors (Lipinski definition) is 0. The zero-order chi connectivity index (χ0) is 32.7. The van der Waals surface area contributed by atoms with Crippen molar-refractivity contribution in [3.05, 3.63) is 131 Å². The van der Waals surface area contributed by atoms with Crippen molar-refractivity contribution in [1.82, 2.24) is 19.3 Å². The van der Waals surface area contributed by atoms with Gasteiger partial charge in [-0.25, -0.2) is 9.67 Å². The molecule has 0 bridgehead atoms. The lowest BCUT2D eigenvalue weighted by atomic mass is 9.89. The van der Waals surface area contributed by atoms with Crippen LogP contribution in [0.15, 0.2) is 97.2 Å². The van der Waals surface area contributed by atoms with Crippen LogP contribution in [0.3, 0.4) is 0 Å². The second-order valence-corrected chi connectivity index (χ2v) is 12.4. The Bertz CT molecular complexity index is 2230. The average Bonchev–Trinajstić information content (AvgIpc) is 3.62. The molecule has 0 N–H and O–H groups in total. The van der Waals surface area contributed by atoms with Gasteiger partial charge in [-0.2, -0.15) is 5.10 Å². The standard InChI is InChI=1S/C42H42N4O/c1-7-29-14-13-15-30(8-2)41(29)42-36(9-3)44-46(37(42)10-4)31-22-28(6)23-33(25-31)47-32-18-19-35-34-16-11-12-17-38(34)45(39(35)26-32)40-24-27(5)20-21-43-40/h11-26H,7-10H2,1-6H3. The van der Waals surface area contributed by atoms with Crippen LogP contribution in [0.25, 0.3) is 44.4 Å². The molecule has 0 spiro atoms. The first-order valence-corrected chi connectivity index (χ1v) is 16.9. The zero-order valence-electron chi connectivity index (χ0n) is 28.3. The number of fused-ring (bicyclic) bond motifs is 3. The molecule has 5 heteroatoms. The van der Waals surface area contributed by atoms with Gasteiger partial charge in [0.15, 0.2) is 0 Å². The van der Waals surface area contributed by atoms with Gasteiger partial charge in [0.25, 0.3) is 0 Å². The predicted octanol–water partition coefficient (Wildman–Crippen LogP) is 10.7. The van der Waals surface area contributed by atoms with Gasteiger partial charge in [-0.1, -0.05) is 64.1 Å². The monoisotopic (exact) mass is 618 g/mol. The van der Waals surface area contributed by atoms with Crippen LogP contribution >= 0.6 is 0 Å². The van der Waals surface area contributed by atoms with E-state index in [1.807, 2.05) is 12.3 Å². The summed E-state index contributed by atoms with van der Waals surface area (Å²) in [4.78, 5) is 4.74. The average molecular weight is 619 g/mol. The highest BCUT2D eigenvalue weighted by atomic mass is 16.5. The lowest BCUT2D eigenvalue weighted by molar-refractivity contribution is 0.482. The molecule has 0 radical (unpaired) electrons. The van der Waals surface area contributed by atoms with Crippen molar-refractivity contribution >= 4 is 21.8 Å². The molecule has 0 aliphatic rings. The molecule has 3 aromatic heterocycles. The number of hydrogen-bond acceptors (Lipinski definition) is 3. The lowest BCUT2D eigenvalue weighted by Gasteiger charge is -2.16. The van der Waals surface area contributed by atoms with Gasteiger partial charge >= 0.3 is 0 Å². The maximum Gasteiger partial charge on any atom is 0.137 e. The number of rotatable bonds is 9. The molecule has 0 aliphatic carbocycles. The van der Waals surface area contributed by atoms with E-state index in [1.165, 1.54) is 44.3 Å². The Hall–Kier alpha value is -5.16. The van der Waals surface area contributed by atoms with Gasteiger partial charge in [0.05, 0.1) is 28.1 Å². The van der Waals surface area contributed by atoms with Crippen molar-refractivity contribution in [3.8, 4) is 34.1 Å². The van der Waals surface area contributed by atoms with Gasteiger partial charge in [0.2, 0.25) is 0 Å². The van der Waals surface area contributed by atoms with E-state index in [-0.39, 0.29) is 0 Å². The highest BCUT2D eigenvalue weighted by Gasteiger charge is 2.23. The molecular weight excluding hydrogens is 576 g/mol. The number of benzene rings is 4. The second-order valence-electron chi connectivity index (χ2n) is 12.4. The Labute approximate surface area is 277 Å². The van der Waals surface area contributed by atoms with Crippen molar-refractivity contribution in [3.63, 3.8) is 0 Å². The van der Waals surface area contributed by atoms with Crippen LogP contribution in [0.2, 0.25) is 0 Å². The smallest absolute Gasteiger partial charge is 0.137 e. The zero-order valence-corrected chi connectivity index (χ0v) is 28.3. The van der Waals surface area contributed by atoms with Gasteiger partial charge in [-0.05, 0) is 110 Å². The lowest BCUT2D eigenvalue weighted by Crippen LogP contribution is -2.04. The fourth-order valence-corrected chi connectivity index (χ4v) is 7.09. The minimum absolute atomic E-state index is 0.779. The fraction of sp³-hybridized carbons (Fsp3) is 0.238. The summed E-state index contributed by atoms with van der Waals surface area (Å²) >= 11 is 0. The molecule has 0 aliphatic heterocycles. The SMILES string of the molecule is CCc1cccc(CC)c1-c1c(CC)nn(-c2cc(C)cc(Oc3ccc4c5ccccc5n(-c5cc(C)ccn5)c4c3)c2)c1CC. The van der Waals surface area contributed by atoms with Crippen LogP contribution < -0.4 is 4.74 Å². The first-order valence-electron chi connectivity index (χ1n) is 16.9. The van der Waals surface area contributed by atoms with Crippen molar-refractivity contribution in [2.24, 2.45) is 0 Å². The van der Waals surface area contributed by atoms with Gasteiger partial charge < -0.3 is 4.74 Å². The first-order chi connectivity index (χ1) is 22.9. The summed E-state index contributed by atoms with van der Waals surface area (Å²) in [6.07, 6.45) is 5.61. The summed E-state index contributed by atoms with van der Waals surface area (Å²) in [7, 11) is 0. The molecule has 5 nitrogen and oxygen atoms in total. The van der Waals surface area contributed by atoms with Gasteiger partial charge in [-0.3, -0.25) is 4.57 Å². The van der Waals surface area contributed by atoms with Crippen LogP contribution in [0.1, 0.15) is 61.3 Å². The molecule has 0 unspecified atom stereocenters. The number of pyridine rings is 1. The maximum absolute atomic E-state index is 6.66. The first kappa shape index (κ1) is 30.5. The molecular formula is C42H42N4O. The Morgan fingerprint density at radius 1 is 0.617 bits per heavy atom. The van der Waals surface area contributed by atoms with E-state index in [1.54, 1.807) is 0 Å². The summed E-state index contributed by atoms with van der Waals surface area (Å²) in [5.74, 6) is 2.47. The summed E-state index contributed by atoms with van der Waals surface area (Å²) in [6, 6.07) is 32.2. The molecule has 0 fully saturated rings. The minimum atomic E-state index is 0.779. The summed E-state index contributed by atoms with van der Waals surface area (Å²) in [5.41, 5.74) is 13.3. The molecule has 3 heterocycles. The Kier molecular flexibility index (Phi) is 8.15. The molecule has 0 saturated carbocycles. The van der Waals surface area contributed by atoms with Crippen molar-refractivity contribution in [2.75, 3.05) is 0 Å². The number of aromatic nitrogens is 4. The Morgan fingerprint density at radius 3 is 2.11 bits per heavy atom. The van der Waals surface area contributed by atoms with E-state index in [2.05, 4.69) is 136 Å². The van der Waals surface area contributed by atoms with Gasteiger partial charge in [0.1, 0.15) is 17.3 Å². The molecule has 47 heavy (non-hydrogen) atoms. The topological polar surface area (TPSA) is 44.9 Å². The quantitative estimate of drug-likeness (QED) is 0.162. The highest BCUT2D eigenvalue weighted by molar-refractivity contribution is 6.09. The van der Waals surface area contributed by atoms with Crippen LogP contribution in [0.4, 0.5) is 0 Å². The highest BCUT2D eigenvalue weighted by Crippen LogP contribution is 2.38.